The molecular formula is C55H87N9O11S3. The molecule has 5 amide bonds. The molecule has 0 aromatic heterocycles. The van der Waals surface area contributed by atoms with Gasteiger partial charge in [0.25, 0.3) is 0 Å². The highest BCUT2D eigenvalue weighted by atomic mass is 32.2. The van der Waals surface area contributed by atoms with E-state index in [1.165, 1.54) is 151 Å². The summed E-state index contributed by atoms with van der Waals surface area (Å²) in [5, 5.41) is 10.8. The van der Waals surface area contributed by atoms with Crippen LogP contribution in [0.25, 0.3) is 0 Å². The van der Waals surface area contributed by atoms with Gasteiger partial charge in [0.1, 0.15) is 24.2 Å². The normalized spacial score (nSPS) is 13.6. The van der Waals surface area contributed by atoms with E-state index < -0.39 is 97.5 Å². The molecule has 0 radical (unpaired) electrons. The van der Waals surface area contributed by atoms with Crippen LogP contribution in [0, 0.1) is 0 Å². The minimum Gasteiger partial charge on any atom is -0.368 e. The first-order valence-corrected chi connectivity index (χ1v) is 31.9. The van der Waals surface area contributed by atoms with Crippen LogP contribution in [0.5, 0.6) is 0 Å². The molecule has 0 saturated heterocycles. The van der Waals surface area contributed by atoms with Crippen molar-refractivity contribution in [1.82, 2.24) is 34.2 Å². The molecule has 20 nitrogen and oxygen atoms in total. The van der Waals surface area contributed by atoms with Crippen molar-refractivity contribution in [1.29, 1.82) is 0 Å². The number of hydrogen-bond acceptors (Lipinski definition) is 12. The zero-order valence-corrected chi connectivity index (χ0v) is 48.6. The summed E-state index contributed by atoms with van der Waals surface area (Å²) in [7, 11) is -13.1. The summed E-state index contributed by atoms with van der Waals surface area (Å²) in [6.07, 6.45) is 17.0. The minimum atomic E-state index is -4.45. The van der Waals surface area contributed by atoms with Crippen molar-refractivity contribution in [2.24, 2.45) is 11.5 Å². The van der Waals surface area contributed by atoms with Gasteiger partial charge in [0.05, 0.1) is 14.7 Å². The maximum Gasteiger partial charge on any atom is 0.243 e. The van der Waals surface area contributed by atoms with E-state index in [-0.39, 0.29) is 46.6 Å². The number of carbonyl (C=O) groups excluding carboxylic acids is 5. The van der Waals surface area contributed by atoms with Crippen LogP contribution >= 0.6 is 0 Å². The lowest BCUT2D eigenvalue weighted by Crippen LogP contribution is -2.54. The van der Waals surface area contributed by atoms with E-state index in [2.05, 4.69) is 28.2 Å². The highest BCUT2D eigenvalue weighted by Crippen LogP contribution is 2.22. The van der Waals surface area contributed by atoms with Gasteiger partial charge in [-0.15, -0.1) is 0 Å². The number of benzene rings is 3. The fraction of sp³-hybridized carbons (Fsp3) is 0.582. The van der Waals surface area contributed by atoms with E-state index in [4.69, 9.17) is 11.5 Å². The second kappa shape index (κ2) is 35.3. The van der Waals surface area contributed by atoms with Gasteiger partial charge in [-0.05, 0) is 89.4 Å². The molecule has 436 valence electrons. The summed E-state index contributed by atoms with van der Waals surface area (Å²) < 4.78 is 86.4. The third-order valence-corrected chi connectivity index (χ3v) is 19.5. The highest BCUT2D eigenvalue weighted by molar-refractivity contribution is 7.89. The second-order valence-corrected chi connectivity index (χ2v) is 25.2. The number of nitrogens with zero attached hydrogens (tertiary/aromatic N) is 3. The maximum absolute atomic E-state index is 14.2. The van der Waals surface area contributed by atoms with Crippen molar-refractivity contribution in [3.8, 4) is 0 Å². The Morgan fingerprint density at radius 1 is 0.462 bits per heavy atom. The van der Waals surface area contributed by atoms with Gasteiger partial charge in [-0.25, -0.2) is 25.3 Å². The predicted octanol–water partition coefficient (Wildman–Crippen LogP) is 5.15. The number of primary amides is 1. The van der Waals surface area contributed by atoms with Gasteiger partial charge >= 0.3 is 0 Å². The number of sulfonamides is 3. The van der Waals surface area contributed by atoms with E-state index in [1.54, 1.807) is 18.2 Å². The highest BCUT2D eigenvalue weighted by Gasteiger charge is 2.37. The molecule has 0 saturated carbocycles. The van der Waals surface area contributed by atoms with Crippen molar-refractivity contribution in [3.05, 3.63) is 91.0 Å². The predicted molar refractivity (Wildman–Crippen MR) is 303 cm³/mol. The molecule has 0 fully saturated rings. The second-order valence-electron chi connectivity index (χ2n) is 19.5. The Bertz CT molecular complexity index is 2620. The number of carbonyl (C=O) groups is 5. The van der Waals surface area contributed by atoms with Crippen molar-refractivity contribution < 1.29 is 49.2 Å². The zero-order chi connectivity index (χ0) is 57.6. The molecule has 0 aliphatic carbocycles. The van der Waals surface area contributed by atoms with E-state index in [9.17, 15) is 49.2 Å². The van der Waals surface area contributed by atoms with Gasteiger partial charge in [-0.3, -0.25) is 24.0 Å². The molecule has 0 bridgehead atoms. The summed E-state index contributed by atoms with van der Waals surface area (Å²) in [6.45, 7) is 4.34. The lowest BCUT2D eigenvalue weighted by atomic mass is 10.0. The molecule has 0 heterocycles. The van der Waals surface area contributed by atoms with Crippen molar-refractivity contribution in [2.75, 3.05) is 45.8 Å². The Hall–Kier alpha value is -5.30. The summed E-state index contributed by atoms with van der Waals surface area (Å²) >= 11 is 0. The van der Waals surface area contributed by atoms with Crippen LogP contribution < -0.4 is 32.7 Å². The van der Waals surface area contributed by atoms with Crippen LogP contribution in [0.1, 0.15) is 137 Å². The Balaban J connectivity index is 1.69. The molecule has 0 aliphatic heterocycles. The molecule has 3 rings (SSSR count). The van der Waals surface area contributed by atoms with E-state index >= 15 is 0 Å². The SMILES string of the molecule is CCCCCCCCCCCCCCCC(=O)N[C@@H](CCCCN)C(=O)NCCN([C@@H](C)C(=O)NCCN([C@@H](C)C(=O)NCCN([C@@H](C)C(N)=O)S(=O)(=O)c1ccccc1)S(=O)(=O)c1ccccc1)S(=O)(=O)c1ccccc1. The first kappa shape index (κ1) is 67.0. The van der Waals surface area contributed by atoms with E-state index in [0.29, 0.717) is 32.2 Å². The number of hydrogen-bond donors (Lipinski definition) is 6. The smallest absolute Gasteiger partial charge is 0.243 e. The lowest BCUT2D eigenvalue weighted by Gasteiger charge is -2.30. The average molecular weight is 1150 g/mol. The standard InChI is InChI=1S/C55H87N9O11S3/c1-5-6-7-8-9-10-11-12-13-14-15-16-26-36-51(65)61-50(35-27-28-37-56)55(69)60-40-43-64(78(74,75)49-33-24-19-25-34-49)46(4)54(68)59-39-42-63(77(72,73)48-31-22-18-23-32-48)45(3)53(67)58-38-41-62(44(2)52(57)66)76(70,71)47-29-20-17-21-30-47/h17-25,29-34,44-46,50H,5-16,26-28,35-43,56H2,1-4H3,(H2,57,66)(H,58,67)(H,59,68)(H,60,69)(H,61,65)/t44-,45-,46-,50-/m0/s1. The molecule has 3 aromatic carbocycles. The van der Waals surface area contributed by atoms with Gasteiger partial charge in [-0.1, -0.05) is 139 Å². The van der Waals surface area contributed by atoms with Crippen LogP contribution in [-0.2, 0) is 54.0 Å². The van der Waals surface area contributed by atoms with Gasteiger partial charge in [-0.2, -0.15) is 12.9 Å². The minimum absolute atomic E-state index is 0.114. The topological polar surface area (TPSA) is 298 Å². The van der Waals surface area contributed by atoms with Gasteiger partial charge in [0.15, 0.2) is 0 Å². The van der Waals surface area contributed by atoms with Crippen molar-refractivity contribution in [3.63, 3.8) is 0 Å². The summed E-state index contributed by atoms with van der Waals surface area (Å²) in [5.41, 5.74) is 11.2. The summed E-state index contributed by atoms with van der Waals surface area (Å²) in [5.74, 6) is -3.37. The van der Waals surface area contributed by atoms with Crippen LogP contribution in [0.3, 0.4) is 0 Å². The molecule has 23 heteroatoms. The number of nitrogens with two attached hydrogens (primary N) is 2. The van der Waals surface area contributed by atoms with Crippen LogP contribution in [0.15, 0.2) is 106 Å². The van der Waals surface area contributed by atoms with Gasteiger partial charge in [0, 0.05) is 45.7 Å². The molecule has 0 spiro atoms. The fourth-order valence-corrected chi connectivity index (χ4v) is 13.6. The molecule has 0 unspecified atom stereocenters. The zero-order valence-electron chi connectivity index (χ0n) is 46.2. The third kappa shape index (κ3) is 22.1. The van der Waals surface area contributed by atoms with Gasteiger partial charge in [0.2, 0.25) is 59.6 Å². The van der Waals surface area contributed by atoms with Crippen LogP contribution in [0.4, 0.5) is 0 Å². The summed E-state index contributed by atoms with van der Waals surface area (Å²) in [6, 6.07) is 16.9. The maximum atomic E-state index is 14.2. The average Bonchev–Trinajstić information content (AvgIpc) is 3.44. The monoisotopic (exact) mass is 1150 g/mol. The largest absolute Gasteiger partial charge is 0.368 e. The first-order valence-electron chi connectivity index (χ1n) is 27.5. The third-order valence-electron chi connectivity index (χ3n) is 13.5. The Morgan fingerprint density at radius 3 is 1.14 bits per heavy atom. The Morgan fingerprint density at radius 2 is 0.795 bits per heavy atom. The quantitative estimate of drug-likeness (QED) is 0.0402. The summed E-state index contributed by atoms with van der Waals surface area (Å²) in [4.78, 5) is 66.3. The van der Waals surface area contributed by atoms with Gasteiger partial charge < -0.3 is 32.7 Å². The van der Waals surface area contributed by atoms with E-state index in [0.717, 1.165) is 32.2 Å². The Labute approximate surface area is 464 Å². The number of rotatable bonds is 41. The molecule has 4 atom stereocenters. The molecular weight excluding hydrogens is 1060 g/mol. The van der Waals surface area contributed by atoms with Crippen molar-refractivity contribution >= 4 is 59.6 Å². The lowest BCUT2D eigenvalue weighted by molar-refractivity contribution is -0.129. The fourth-order valence-electron chi connectivity index (χ4n) is 8.77. The number of unbranched alkanes of at least 4 members (excludes halogenated alkanes) is 13. The number of nitrogens with one attached hydrogen (secondary N) is 4. The molecule has 3 aromatic rings. The molecule has 78 heavy (non-hydrogen) atoms. The van der Waals surface area contributed by atoms with Crippen LogP contribution in [0.2, 0.25) is 0 Å². The van der Waals surface area contributed by atoms with Crippen LogP contribution in [-0.4, -0.2) is 138 Å². The number of amides is 5. The molecule has 0 aliphatic rings. The first-order chi connectivity index (χ1) is 37.2. The van der Waals surface area contributed by atoms with Crippen molar-refractivity contribution in [2.45, 2.75) is 176 Å². The van der Waals surface area contributed by atoms with E-state index in [1.807, 2.05) is 0 Å². The Kier molecular flexibility index (Phi) is 30.3. The molecule has 8 N–H and O–H groups in total.